The molecule has 1 aromatic rings. The monoisotopic (exact) mass is 371 g/mol. The molecule has 5 nitrogen and oxygen atoms in total. The minimum atomic E-state index is 0.256. The maximum Gasteiger partial charge on any atom is 0.227 e. The van der Waals surface area contributed by atoms with Gasteiger partial charge in [0.1, 0.15) is 5.82 Å². The summed E-state index contributed by atoms with van der Waals surface area (Å²) in [5, 5.41) is 0. The number of hydrogen-bond acceptors (Lipinski definition) is 5. The standard InChI is InChI=1S/C22H37N5/c23-19-12-6-7-13-20(19)27(18-10-4-3-5-11-18)22-24-15-14-21(25-22)26-16-8-1-2-9-17-26/h14-15,18-20H,1-13,16-17,23H2/t19-,20+/m1/s1. The summed E-state index contributed by atoms with van der Waals surface area (Å²) in [6, 6.07) is 3.33. The molecule has 0 amide bonds. The summed E-state index contributed by atoms with van der Waals surface area (Å²) in [6.07, 6.45) is 18.7. The van der Waals surface area contributed by atoms with Gasteiger partial charge in [0.05, 0.1) is 0 Å². The lowest BCUT2D eigenvalue weighted by Crippen LogP contribution is -2.55. The van der Waals surface area contributed by atoms with Crippen LogP contribution in [0.25, 0.3) is 0 Å². The number of aromatic nitrogens is 2. The van der Waals surface area contributed by atoms with Crippen LogP contribution in [0.1, 0.15) is 83.5 Å². The van der Waals surface area contributed by atoms with Crippen molar-refractivity contribution in [3.05, 3.63) is 12.3 Å². The van der Waals surface area contributed by atoms with E-state index in [1.54, 1.807) is 0 Å². The van der Waals surface area contributed by atoms with Gasteiger partial charge in [-0.1, -0.05) is 44.9 Å². The third kappa shape index (κ3) is 4.56. The second-order valence-electron chi connectivity index (χ2n) is 8.83. The molecule has 2 aliphatic carbocycles. The van der Waals surface area contributed by atoms with E-state index in [1.165, 1.54) is 77.0 Å². The van der Waals surface area contributed by atoms with Crippen LogP contribution >= 0.6 is 0 Å². The van der Waals surface area contributed by atoms with Crippen LogP contribution in [0.5, 0.6) is 0 Å². The van der Waals surface area contributed by atoms with E-state index in [4.69, 9.17) is 15.7 Å². The van der Waals surface area contributed by atoms with Gasteiger partial charge in [-0.05, 0) is 44.6 Å². The molecule has 0 bridgehead atoms. The van der Waals surface area contributed by atoms with Crippen molar-refractivity contribution in [1.29, 1.82) is 0 Å². The Hall–Kier alpha value is -1.36. The molecule has 3 fully saturated rings. The van der Waals surface area contributed by atoms with Crippen LogP contribution in [0.3, 0.4) is 0 Å². The van der Waals surface area contributed by atoms with Crippen LogP contribution in [0.2, 0.25) is 0 Å². The zero-order valence-electron chi connectivity index (χ0n) is 16.9. The fraction of sp³-hybridized carbons (Fsp3) is 0.818. The summed E-state index contributed by atoms with van der Waals surface area (Å²) >= 11 is 0. The average Bonchev–Trinajstić information content (AvgIpc) is 3.00. The number of hydrogen-bond donors (Lipinski definition) is 1. The molecule has 150 valence electrons. The minimum absolute atomic E-state index is 0.256. The van der Waals surface area contributed by atoms with Crippen molar-refractivity contribution in [3.8, 4) is 0 Å². The van der Waals surface area contributed by atoms with E-state index in [-0.39, 0.29) is 6.04 Å². The van der Waals surface area contributed by atoms with Gasteiger partial charge in [0, 0.05) is 37.4 Å². The molecule has 4 rings (SSSR count). The number of nitrogens with two attached hydrogens (primary N) is 1. The SMILES string of the molecule is N[C@@H]1CCCC[C@@H]1N(c1nccc(N2CCCCCC2)n1)C1CCCCC1. The van der Waals surface area contributed by atoms with Crippen molar-refractivity contribution >= 4 is 11.8 Å². The third-order valence-electron chi connectivity index (χ3n) is 6.90. The molecule has 2 N–H and O–H groups in total. The molecule has 0 aromatic carbocycles. The quantitative estimate of drug-likeness (QED) is 0.857. The summed E-state index contributed by atoms with van der Waals surface area (Å²) in [5.74, 6) is 2.05. The van der Waals surface area contributed by atoms with Crippen molar-refractivity contribution in [2.45, 2.75) is 102 Å². The van der Waals surface area contributed by atoms with Crippen LogP contribution in [-0.4, -0.2) is 41.2 Å². The molecule has 0 unspecified atom stereocenters. The topological polar surface area (TPSA) is 58.3 Å². The van der Waals surface area contributed by atoms with E-state index < -0.39 is 0 Å². The smallest absolute Gasteiger partial charge is 0.227 e. The zero-order chi connectivity index (χ0) is 18.5. The Kier molecular flexibility index (Phi) is 6.48. The maximum absolute atomic E-state index is 6.62. The van der Waals surface area contributed by atoms with Gasteiger partial charge < -0.3 is 15.5 Å². The molecule has 2 atom stereocenters. The molecule has 2 saturated carbocycles. The van der Waals surface area contributed by atoms with Crippen LogP contribution in [0.4, 0.5) is 11.8 Å². The van der Waals surface area contributed by atoms with Crippen molar-refractivity contribution in [2.24, 2.45) is 5.73 Å². The van der Waals surface area contributed by atoms with E-state index in [2.05, 4.69) is 15.9 Å². The van der Waals surface area contributed by atoms with Crippen molar-refractivity contribution in [3.63, 3.8) is 0 Å². The van der Waals surface area contributed by atoms with E-state index >= 15 is 0 Å². The molecule has 0 radical (unpaired) electrons. The zero-order valence-corrected chi connectivity index (χ0v) is 16.9. The maximum atomic E-state index is 6.62. The second-order valence-corrected chi connectivity index (χ2v) is 8.83. The summed E-state index contributed by atoms with van der Waals surface area (Å²) in [4.78, 5) is 14.9. The first-order valence-corrected chi connectivity index (χ1v) is 11.4. The first kappa shape index (κ1) is 19.0. The Bertz CT molecular complexity index is 578. The molecule has 0 spiro atoms. The normalized spacial score (nSPS) is 28.0. The summed E-state index contributed by atoms with van der Waals surface area (Å²) < 4.78 is 0. The highest BCUT2D eigenvalue weighted by Crippen LogP contribution is 2.33. The molecule has 2 heterocycles. The first-order chi connectivity index (χ1) is 13.3. The first-order valence-electron chi connectivity index (χ1n) is 11.4. The predicted molar refractivity (Wildman–Crippen MR) is 112 cm³/mol. The highest BCUT2D eigenvalue weighted by atomic mass is 15.3. The molecule has 1 aromatic heterocycles. The molecule has 5 heteroatoms. The highest BCUT2D eigenvalue weighted by molar-refractivity contribution is 5.45. The molecule has 1 saturated heterocycles. The van der Waals surface area contributed by atoms with E-state index in [0.717, 1.165) is 31.3 Å². The lowest BCUT2D eigenvalue weighted by atomic mass is 9.86. The van der Waals surface area contributed by atoms with Gasteiger partial charge in [-0.15, -0.1) is 0 Å². The highest BCUT2D eigenvalue weighted by Gasteiger charge is 2.34. The van der Waals surface area contributed by atoms with Gasteiger partial charge >= 0.3 is 0 Å². The van der Waals surface area contributed by atoms with Gasteiger partial charge in [0.2, 0.25) is 5.95 Å². The largest absolute Gasteiger partial charge is 0.356 e. The fourth-order valence-electron chi connectivity index (χ4n) is 5.37. The Balaban J connectivity index is 1.61. The number of anilines is 2. The summed E-state index contributed by atoms with van der Waals surface area (Å²) in [5.41, 5.74) is 6.62. The van der Waals surface area contributed by atoms with E-state index in [9.17, 15) is 0 Å². The van der Waals surface area contributed by atoms with Gasteiger partial charge in [0.25, 0.3) is 0 Å². The Morgan fingerprint density at radius 2 is 1.52 bits per heavy atom. The Morgan fingerprint density at radius 1 is 0.852 bits per heavy atom. The van der Waals surface area contributed by atoms with E-state index in [1.807, 2.05) is 6.20 Å². The Labute approximate surface area is 164 Å². The van der Waals surface area contributed by atoms with Crippen LogP contribution in [0.15, 0.2) is 12.3 Å². The van der Waals surface area contributed by atoms with Gasteiger partial charge in [-0.2, -0.15) is 4.98 Å². The number of nitrogens with zero attached hydrogens (tertiary/aromatic N) is 4. The molecule has 1 aliphatic heterocycles. The van der Waals surface area contributed by atoms with Crippen molar-refractivity contribution < 1.29 is 0 Å². The van der Waals surface area contributed by atoms with Crippen molar-refractivity contribution in [2.75, 3.05) is 22.9 Å². The van der Waals surface area contributed by atoms with Gasteiger partial charge in [0.15, 0.2) is 0 Å². The van der Waals surface area contributed by atoms with Crippen molar-refractivity contribution in [1.82, 2.24) is 9.97 Å². The average molecular weight is 372 g/mol. The lowest BCUT2D eigenvalue weighted by Gasteiger charge is -2.44. The van der Waals surface area contributed by atoms with Gasteiger partial charge in [-0.25, -0.2) is 4.98 Å². The molecular weight excluding hydrogens is 334 g/mol. The van der Waals surface area contributed by atoms with Crippen LogP contribution in [-0.2, 0) is 0 Å². The Morgan fingerprint density at radius 3 is 2.26 bits per heavy atom. The lowest BCUT2D eigenvalue weighted by molar-refractivity contribution is 0.308. The minimum Gasteiger partial charge on any atom is -0.356 e. The summed E-state index contributed by atoms with van der Waals surface area (Å²) in [6.45, 7) is 2.26. The van der Waals surface area contributed by atoms with Crippen LogP contribution < -0.4 is 15.5 Å². The molecule has 27 heavy (non-hydrogen) atoms. The molecular formula is C22H37N5. The van der Waals surface area contributed by atoms with E-state index in [0.29, 0.717) is 12.1 Å². The third-order valence-corrected chi connectivity index (χ3v) is 6.90. The predicted octanol–water partition coefficient (Wildman–Crippen LogP) is 4.27. The molecule has 3 aliphatic rings. The second kappa shape index (κ2) is 9.22. The van der Waals surface area contributed by atoms with Gasteiger partial charge in [-0.3, -0.25) is 0 Å². The van der Waals surface area contributed by atoms with Crippen LogP contribution in [0, 0.1) is 0 Å². The fourth-order valence-corrected chi connectivity index (χ4v) is 5.37. The number of rotatable bonds is 4. The summed E-state index contributed by atoms with van der Waals surface area (Å²) in [7, 11) is 0.